The molecule has 0 amide bonds. The van der Waals surface area contributed by atoms with Crippen LogP contribution in [0.25, 0.3) is 0 Å². The van der Waals surface area contributed by atoms with Crippen LogP contribution in [-0.4, -0.2) is 21.3 Å². The minimum atomic E-state index is -0.0976. The van der Waals surface area contributed by atoms with E-state index in [-0.39, 0.29) is 18.0 Å². The first-order valence-corrected chi connectivity index (χ1v) is 6.52. The van der Waals surface area contributed by atoms with Crippen molar-refractivity contribution in [2.24, 2.45) is 7.05 Å². The molecule has 100 valence electrons. The molecule has 1 rings (SSSR count). The molecule has 1 aromatic rings. The molecule has 0 bridgehead atoms. The third-order valence-electron chi connectivity index (χ3n) is 3.20. The first kappa shape index (κ1) is 14.6. The zero-order valence-corrected chi connectivity index (χ0v) is 11.7. The summed E-state index contributed by atoms with van der Waals surface area (Å²) in [6.45, 7) is 5.76. The molecule has 0 aliphatic carbocycles. The molecule has 0 saturated carbocycles. The van der Waals surface area contributed by atoms with Crippen molar-refractivity contribution in [3.63, 3.8) is 0 Å². The Balaban J connectivity index is 2.62. The summed E-state index contributed by atoms with van der Waals surface area (Å²) in [5, 5.41) is 4.20. The zero-order chi connectivity index (χ0) is 13.7. The molecule has 0 aliphatic rings. The lowest BCUT2D eigenvalue weighted by Crippen LogP contribution is -2.10. The molecule has 4 heteroatoms. The van der Waals surface area contributed by atoms with Gasteiger partial charge in [0.15, 0.2) is 5.78 Å². The molecule has 1 aromatic heterocycles. The van der Waals surface area contributed by atoms with Crippen molar-refractivity contribution >= 4 is 11.6 Å². The van der Waals surface area contributed by atoms with Crippen LogP contribution in [0.2, 0.25) is 0 Å². The molecule has 0 fully saturated rings. The average molecular weight is 250 g/mol. The minimum Gasteiger partial charge on any atom is -0.299 e. The molecule has 0 unspecified atom stereocenters. The Bertz CT molecular complexity index is 447. The van der Waals surface area contributed by atoms with Gasteiger partial charge in [0.2, 0.25) is 0 Å². The van der Waals surface area contributed by atoms with Gasteiger partial charge in [0.05, 0.1) is 17.7 Å². The van der Waals surface area contributed by atoms with Crippen molar-refractivity contribution < 1.29 is 9.59 Å². The van der Waals surface area contributed by atoms with Gasteiger partial charge in [0.25, 0.3) is 0 Å². The Morgan fingerprint density at radius 3 is 2.39 bits per heavy atom. The van der Waals surface area contributed by atoms with Gasteiger partial charge in [-0.1, -0.05) is 19.8 Å². The molecule has 0 N–H and O–H groups in total. The van der Waals surface area contributed by atoms with E-state index in [1.807, 2.05) is 20.9 Å². The molecule has 0 saturated heterocycles. The molecule has 1 heterocycles. The Morgan fingerprint density at radius 1 is 1.22 bits per heavy atom. The second-order valence-electron chi connectivity index (χ2n) is 4.77. The van der Waals surface area contributed by atoms with Gasteiger partial charge in [-0.05, 0) is 20.3 Å². The maximum Gasteiger partial charge on any atom is 0.173 e. The molecule has 0 atom stereocenters. The fraction of sp³-hybridized carbons (Fsp3) is 0.643. The molecule has 0 aromatic carbocycles. The number of carbonyl (C=O) groups excluding carboxylic acids is 2. The number of aromatic nitrogens is 2. The number of rotatable bonds is 7. The number of hydrogen-bond acceptors (Lipinski definition) is 3. The standard InChI is InChI=1S/C14H22N2O2/c1-5-6-7-8-12(17)9-13(18)14-10(2)15-16(4)11(14)3/h5-9H2,1-4H3. The first-order chi connectivity index (χ1) is 8.47. The Hall–Kier alpha value is -1.45. The normalized spacial score (nSPS) is 10.7. The summed E-state index contributed by atoms with van der Waals surface area (Å²) in [5.74, 6) is -0.0595. The van der Waals surface area contributed by atoms with Crippen molar-refractivity contribution in [3.8, 4) is 0 Å². The number of unbranched alkanes of at least 4 members (excludes halogenated alkanes) is 2. The Labute approximate surface area is 108 Å². The van der Waals surface area contributed by atoms with Gasteiger partial charge in [-0.3, -0.25) is 14.3 Å². The van der Waals surface area contributed by atoms with Crippen molar-refractivity contribution in [2.75, 3.05) is 0 Å². The fourth-order valence-electron chi connectivity index (χ4n) is 2.11. The van der Waals surface area contributed by atoms with E-state index in [1.54, 1.807) is 4.68 Å². The highest BCUT2D eigenvalue weighted by atomic mass is 16.1. The number of nitrogens with zero attached hydrogens (tertiary/aromatic N) is 2. The summed E-state index contributed by atoms with van der Waals surface area (Å²) in [4.78, 5) is 23.8. The lowest BCUT2D eigenvalue weighted by molar-refractivity contribution is -0.118. The van der Waals surface area contributed by atoms with Gasteiger partial charge in [-0.15, -0.1) is 0 Å². The summed E-state index contributed by atoms with van der Waals surface area (Å²) >= 11 is 0. The van der Waals surface area contributed by atoms with Crippen molar-refractivity contribution in [3.05, 3.63) is 17.0 Å². The molecule has 4 nitrogen and oxygen atoms in total. The molecule has 0 spiro atoms. The minimum absolute atomic E-state index is 0.0110. The third-order valence-corrected chi connectivity index (χ3v) is 3.20. The largest absolute Gasteiger partial charge is 0.299 e. The highest BCUT2D eigenvalue weighted by Crippen LogP contribution is 2.15. The number of Topliss-reactive ketones (excluding diaryl/α,β-unsaturated/α-hetero) is 2. The predicted molar refractivity (Wildman–Crippen MR) is 70.8 cm³/mol. The van der Waals surface area contributed by atoms with Crippen LogP contribution >= 0.6 is 0 Å². The van der Waals surface area contributed by atoms with Crippen LogP contribution in [0, 0.1) is 13.8 Å². The van der Waals surface area contributed by atoms with Gasteiger partial charge in [0.1, 0.15) is 5.78 Å². The molecule has 18 heavy (non-hydrogen) atoms. The van der Waals surface area contributed by atoms with Gasteiger partial charge < -0.3 is 0 Å². The van der Waals surface area contributed by atoms with Gasteiger partial charge in [-0.2, -0.15) is 5.10 Å². The van der Waals surface area contributed by atoms with Crippen LogP contribution in [-0.2, 0) is 11.8 Å². The summed E-state index contributed by atoms with van der Waals surface area (Å²) in [6, 6.07) is 0. The van der Waals surface area contributed by atoms with E-state index in [1.165, 1.54) is 0 Å². The van der Waals surface area contributed by atoms with Crippen molar-refractivity contribution in [1.82, 2.24) is 9.78 Å². The Morgan fingerprint density at radius 2 is 1.89 bits per heavy atom. The predicted octanol–water partition coefficient (Wildman–Crippen LogP) is 2.76. The maximum absolute atomic E-state index is 12.1. The summed E-state index contributed by atoms with van der Waals surface area (Å²) in [5.41, 5.74) is 2.15. The van der Waals surface area contributed by atoms with Crippen LogP contribution in [0.4, 0.5) is 0 Å². The molecule has 0 radical (unpaired) electrons. The van der Waals surface area contributed by atoms with Crippen molar-refractivity contribution in [1.29, 1.82) is 0 Å². The SMILES string of the molecule is CCCCCC(=O)CC(=O)c1c(C)nn(C)c1C. The lowest BCUT2D eigenvalue weighted by Gasteiger charge is -2.01. The van der Waals surface area contributed by atoms with E-state index in [2.05, 4.69) is 12.0 Å². The monoisotopic (exact) mass is 250 g/mol. The van der Waals surface area contributed by atoms with Gasteiger partial charge in [0, 0.05) is 19.2 Å². The Kier molecular flexibility index (Phi) is 5.25. The third kappa shape index (κ3) is 3.52. The molecular formula is C14H22N2O2. The summed E-state index contributed by atoms with van der Waals surface area (Å²) < 4.78 is 1.68. The highest BCUT2D eigenvalue weighted by molar-refractivity contribution is 6.09. The average Bonchev–Trinajstić information content (AvgIpc) is 2.53. The van der Waals surface area contributed by atoms with Crippen molar-refractivity contribution in [2.45, 2.75) is 52.9 Å². The zero-order valence-electron chi connectivity index (χ0n) is 11.7. The van der Waals surface area contributed by atoms with E-state index in [0.717, 1.165) is 25.0 Å². The van der Waals surface area contributed by atoms with E-state index in [4.69, 9.17) is 0 Å². The second-order valence-corrected chi connectivity index (χ2v) is 4.77. The van der Waals surface area contributed by atoms with Crippen LogP contribution in [0.15, 0.2) is 0 Å². The lowest BCUT2D eigenvalue weighted by atomic mass is 10.0. The number of ketones is 2. The second kappa shape index (κ2) is 6.47. The highest BCUT2D eigenvalue weighted by Gasteiger charge is 2.19. The topological polar surface area (TPSA) is 52.0 Å². The maximum atomic E-state index is 12.1. The van der Waals surface area contributed by atoms with Crippen LogP contribution in [0.5, 0.6) is 0 Å². The van der Waals surface area contributed by atoms with E-state index in [9.17, 15) is 9.59 Å². The fourth-order valence-corrected chi connectivity index (χ4v) is 2.11. The van der Waals surface area contributed by atoms with E-state index in [0.29, 0.717) is 17.7 Å². The number of hydrogen-bond donors (Lipinski definition) is 0. The first-order valence-electron chi connectivity index (χ1n) is 6.52. The molecular weight excluding hydrogens is 228 g/mol. The number of carbonyl (C=O) groups is 2. The smallest absolute Gasteiger partial charge is 0.173 e. The van der Waals surface area contributed by atoms with Crippen LogP contribution in [0.1, 0.15) is 60.8 Å². The number of aryl methyl sites for hydroxylation is 2. The summed E-state index contributed by atoms with van der Waals surface area (Å²) in [7, 11) is 1.81. The van der Waals surface area contributed by atoms with Gasteiger partial charge >= 0.3 is 0 Å². The van der Waals surface area contributed by atoms with E-state index >= 15 is 0 Å². The van der Waals surface area contributed by atoms with E-state index < -0.39 is 0 Å². The summed E-state index contributed by atoms with van der Waals surface area (Å²) in [6.07, 6.45) is 3.54. The molecule has 0 aliphatic heterocycles. The van der Waals surface area contributed by atoms with Gasteiger partial charge in [-0.25, -0.2) is 0 Å². The van der Waals surface area contributed by atoms with Crippen LogP contribution in [0.3, 0.4) is 0 Å². The van der Waals surface area contributed by atoms with Crippen LogP contribution < -0.4 is 0 Å². The quantitative estimate of drug-likeness (QED) is 0.425.